The van der Waals surface area contributed by atoms with Gasteiger partial charge in [0.25, 0.3) is 0 Å². The molecule has 4 heterocycles. The van der Waals surface area contributed by atoms with Gasteiger partial charge in [-0.1, -0.05) is 184 Å². The molecule has 0 atom stereocenters. The van der Waals surface area contributed by atoms with Crippen molar-refractivity contribution in [2.75, 3.05) is 9.80 Å². The van der Waals surface area contributed by atoms with Crippen LogP contribution in [-0.4, -0.2) is 27.8 Å². The first-order valence-electron chi connectivity index (χ1n) is 31.8. The Morgan fingerprint density at radius 3 is 1.03 bits per heavy atom. The van der Waals surface area contributed by atoms with Crippen molar-refractivity contribution in [2.24, 2.45) is 0 Å². The Labute approximate surface area is 522 Å². The number of anilines is 6. The summed E-state index contributed by atoms with van der Waals surface area (Å²) < 4.78 is 15.8. The molecule has 2 saturated carbocycles. The van der Waals surface area contributed by atoms with Crippen molar-refractivity contribution < 1.29 is 0 Å². The highest BCUT2D eigenvalue weighted by atomic mass is 32.1. The van der Waals surface area contributed by atoms with Crippen LogP contribution in [0.2, 0.25) is 0 Å². The van der Waals surface area contributed by atoms with Gasteiger partial charge >= 0.3 is 0 Å². The monoisotopic (exact) mass is 1170 g/mol. The van der Waals surface area contributed by atoms with Gasteiger partial charge in [-0.3, -0.25) is 0 Å². The zero-order chi connectivity index (χ0) is 58.8. The summed E-state index contributed by atoms with van der Waals surface area (Å²) in [6.45, 7) is 0. The molecule has 15 aromatic rings. The van der Waals surface area contributed by atoms with Crippen LogP contribution in [0.4, 0.5) is 34.1 Å². The maximum atomic E-state index is 6.05. The second kappa shape index (κ2) is 22.5. The lowest BCUT2D eigenvalue weighted by atomic mass is 9.84. The summed E-state index contributed by atoms with van der Waals surface area (Å²) >= 11 is 1.23. The van der Waals surface area contributed by atoms with E-state index in [-0.39, 0.29) is 0 Å². The normalized spacial score (nSPS) is 14.2. The fraction of sp³-hybridized carbons (Fsp3) is 0.150. The third-order valence-corrected chi connectivity index (χ3v) is 19.6. The fourth-order valence-electron chi connectivity index (χ4n) is 14.9. The largest absolute Gasteiger partial charge is 0.309 e. The Hall–Kier alpha value is -10.2. The quantitative estimate of drug-likeness (QED) is 0.114. The van der Waals surface area contributed by atoms with E-state index in [2.05, 4.69) is 274 Å². The molecule has 0 saturated heterocycles. The standard InChI is InChI=1S/C80H64N8S/c1-9-25-53(26-10-1)57-41-45-69-65(49-57)67-51-63(43-47-71(67)87(69)61-37-21-7-22-38-61)85(59-33-17-5-18-34-59)79-75-76(82-74(56-31-15-4-16-32-56)73(81-75)55-29-13-3-14-30-55)80(78-77(79)83-89-84-78)86(60-35-19-6-20-36-60)64-44-48-72-68(52-64)66-50-58(54-27-11-2-12-28-54)42-46-70(66)88(72)62-39-23-8-24-40-62/h3-8,13-24,29-54H,1-2,9-12,25-28H2. The van der Waals surface area contributed by atoms with Crippen LogP contribution in [0.1, 0.15) is 87.2 Å². The van der Waals surface area contributed by atoms with Crippen LogP contribution < -0.4 is 9.80 Å². The first-order chi connectivity index (χ1) is 44.2. The predicted molar refractivity (Wildman–Crippen MR) is 371 cm³/mol. The van der Waals surface area contributed by atoms with Gasteiger partial charge in [0.2, 0.25) is 0 Å². The number of aromatic nitrogens is 6. The Morgan fingerprint density at radius 2 is 0.652 bits per heavy atom. The lowest BCUT2D eigenvalue weighted by Crippen LogP contribution is -2.16. The number of rotatable bonds is 12. The molecule has 4 aromatic heterocycles. The summed E-state index contributed by atoms with van der Waals surface area (Å²) in [6.07, 6.45) is 12.6. The van der Waals surface area contributed by atoms with Gasteiger partial charge in [0.05, 0.1) is 45.2 Å². The predicted octanol–water partition coefficient (Wildman–Crippen LogP) is 22.2. The van der Waals surface area contributed by atoms with E-state index in [1.165, 1.54) is 120 Å². The van der Waals surface area contributed by atoms with E-state index in [4.69, 9.17) is 18.7 Å². The molecule has 17 rings (SSSR count). The molecule has 430 valence electrons. The molecule has 0 spiro atoms. The van der Waals surface area contributed by atoms with Crippen molar-refractivity contribution in [3.63, 3.8) is 0 Å². The highest BCUT2D eigenvalue weighted by molar-refractivity contribution is 7.00. The summed E-state index contributed by atoms with van der Waals surface area (Å²) in [7, 11) is 0. The summed E-state index contributed by atoms with van der Waals surface area (Å²) in [5.74, 6) is 1.10. The van der Waals surface area contributed by atoms with Crippen molar-refractivity contribution in [1.29, 1.82) is 0 Å². The van der Waals surface area contributed by atoms with E-state index in [9.17, 15) is 0 Å². The zero-order valence-corrected chi connectivity index (χ0v) is 50.3. The second-order valence-electron chi connectivity index (χ2n) is 24.3. The van der Waals surface area contributed by atoms with Crippen molar-refractivity contribution in [3.8, 4) is 33.9 Å². The lowest BCUT2D eigenvalue weighted by Gasteiger charge is -2.30. The maximum Gasteiger partial charge on any atom is 0.133 e. The van der Waals surface area contributed by atoms with Crippen LogP contribution in [0.3, 0.4) is 0 Å². The molecule has 0 N–H and O–H groups in total. The van der Waals surface area contributed by atoms with Crippen LogP contribution in [-0.2, 0) is 0 Å². The number of hydrogen-bond acceptors (Lipinski definition) is 7. The molecule has 11 aromatic carbocycles. The van der Waals surface area contributed by atoms with E-state index in [0.29, 0.717) is 22.9 Å². The molecule has 0 amide bonds. The molecule has 2 aliphatic carbocycles. The molecule has 0 unspecified atom stereocenters. The first kappa shape index (κ1) is 53.1. The highest BCUT2D eigenvalue weighted by Crippen LogP contribution is 2.53. The van der Waals surface area contributed by atoms with Crippen molar-refractivity contribution in [2.45, 2.75) is 76.0 Å². The SMILES string of the molecule is c1ccc(-c2nc3c(N(c4ccccc4)c4ccc5c(c4)c4cc(C6CCCCC6)ccc4n5-c4ccccc4)c4nsnc4c(N(c4ccccc4)c4ccc5c(c4)c4cc(C6CCCCC6)ccc4n5-c4ccccc4)c3nc2-c2ccccc2)cc1. The Bertz CT molecular complexity index is 4770. The van der Waals surface area contributed by atoms with Gasteiger partial charge in [0, 0.05) is 66.8 Å². The fourth-order valence-corrected chi connectivity index (χ4v) is 15.5. The van der Waals surface area contributed by atoms with Crippen LogP contribution in [0.25, 0.3) is 99.6 Å². The number of hydrogen-bond donors (Lipinski definition) is 0. The average Bonchev–Trinajstić information content (AvgIpc) is 1.76. The molecule has 2 aliphatic rings. The number of para-hydroxylation sites is 4. The molecule has 89 heavy (non-hydrogen) atoms. The van der Waals surface area contributed by atoms with E-state index < -0.39 is 0 Å². The summed E-state index contributed by atoms with van der Waals surface area (Å²) in [5.41, 5.74) is 21.6. The first-order valence-corrected chi connectivity index (χ1v) is 32.5. The topological polar surface area (TPSA) is 67.9 Å². The van der Waals surface area contributed by atoms with Gasteiger partial charge in [0.15, 0.2) is 0 Å². The number of fused-ring (bicyclic) bond motifs is 8. The summed E-state index contributed by atoms with van der Waals surface area (Å²) in [6, 6.07) is 92.7. The molecule has 2 fully saturated rings. The molecular formula is C80H64N8S. The number of benzene rings is 11. The van der Waals surface area contributed by atoms with Gasteiger partial charge in [-0.05, 0) is 158 Å². The van der Waals surface area contributed by atoms with Gasteiger partial charge in [0.1, 0.15) is 33.4 Å². The van der Waals surface area contributed by atoms with Crippen LogP contribution >= 0.6 is 11.7 Å². The smallest absolute Gasteiger partial charge is 0.133 e. The zero-order valence-electron chi connectivity index (χ0n) is 49.5. The molecule has 0 aliphatic heterocycles. The van der Waals surface area contributed by atoms with Crippen molar-refractivity contribution in [3.05, 3.63) is 266 Å². The van der Waals surface area contributed by atoms with E-state index in [0.717, 1.165) is 90.1 Å². The maximum absolute atomic E-state index is 6.05. The van der Waals surface area contributed by atoms with Crippen LogP contribution in [0.15, 0.2) is 255 Å². The second-order valence-corrected chi connectivity index (χ2v) is 24.8. The van der Waals surface area contributed by atoms with Crippen LogP contribution in [0.5, 0.6) is 0 Å². The van der Waals surface area contributed by atoms with E-state index >= 15 is 0 Å². The van der Waals surface area contributed by atoms with E-state index in [1.54, 1.807) is 0 Å². The van der Waals surface area contributed by atoms with Gasteiger partial charge < -0.3 is 18.9 Å². The Kier molecular flexibility index (Phi) is 13.4. The third-order valence-electron chi connectivity index (χ3n) is 19.1. The Balaban J connectivity index is 0.965. The summed E-state index contributed by atoms with van der Waals surface area (Å²) in [5, 5.41) is 4.85. The minimum atomic E-state index is 0.548. The van der Waals surface area contributed by atoms with Gasteiger partial charge in [-0.2, -0.15) is 8.75 Å². The molecular weight excluding hydrogens is 1110 g/mol. The third kappa shape index (κ3) is 9.25. The van der Waals surface area contributed by atoms with Crippen LogP contribution in [0, 0.1) is 0 Å². The minimum Gasteiger partial charge on any atom is -0.309 e. The molecule has 8 nitrogen and oxygen atoms in total. The molecule has 0 bridgehead atoms. The highest BCUT2D eigenvalue weighted by Gasteiger charge is 2.33. The summed E-state index contributed by atoms with van der Waals surface area (Å²) in [4.78, 5) is 16.9. The van der Waals surface area contributed by atoms with Gasteiger partial charge in [-0.15, -0.1) is 0 Å². The molecule has 9 heteroatoms. The average molecular weight is 1170 g/mol. The minimum absolute atomic E-state index is 0.548. The number of nitrogens with zero attached hydrogens (tertiary/aromatic N) is 8. The Morgan fingerprint density at radius 1 is 0.315 bits per heavy atom. The van der Waals surface area contributed by atoms with Gasteiger partial charge in [-0.25, -0.2) is 9.97 Å². The van der Waals surface area contributed by atoms with Crippen molar-refractivity contribution >= 4 is 112 Å². The van der Waals surface area contributed by atoms with Crippen molar-refractivity contribution in [1.82, 2.24) is 27.8 Å². The van der Waals surface area contributed by atoms with E-state index in [1.807, 2.05) is 0 Å². The lowest BCUT2D eigenvalue weighted by molar-refractivity contribution is 0.444. The molecule has 0 radical (unpaired) electrons.